The van der Waals surface area contributed by atoms with Crippen molar-refractivity contribution in [3.8, 4) is 0 Å². The molecule has 0 radical (unpaired) electrons. The summed E-state index contributed by atoms with van der Waals surface area (Å²) in [5, 5.41) is 2.94. The Kier molecular flexibility index (Phi) is 5.36. The maximum Gasteiger partial charge on any atom is 0.224 e. The lowest BCUT2D eigenvalue weighted by atomic mass is 10.1. The molecule has 0 aliphatic carbocycles. The van der Waals surface area contributed by atoms with Crippen molar-refractivity contribution >= 4 is 27.5 Å². The first-order valence-corrected chi connectivity index (χ1v) is 7.54. The van der Waals surface area contributed by atoms with Crippen molar-refractivity contribution in [3.63, 3.8) is 0 Å². The average molecular weight is 332 g/mol. The topological polar surface area (TPSA) is 29.1 Å². The van der Waals surface area contributed by atoms with Gasteiger partial charge in [-0.05, 0) is 49.1 Å². The molecule has 104 valence electrons. The molecule has 0 unspecified atom stereocenters. The number of aryl methyl sites for hydroxylation is 2. The highest BCUT2D eigenvalue weighted by molar-refractivity contribution is 9.10. The fraction of sp³-hybridized carbons (Fsp3) is 0.235. The van der Waals surface area contributed by atoms with Crippen molar-refractivity contribution in [2.45, 2.75) is 26.2 Å². The van der Waals surface area contributed by atoms with Gasteiger partial charge in [0.25, 0.3) is 0 Å². The monoisotopic (exact) mass is 331 g/mol. The zero-order chi connectivity index (χ0) is 14.4. The van der Waals surface area contributed by atoms with Gasteiger partial charge in [-0.1, -0.05) is 46.3 Å². The predicted molar refractivity (Wildman–Crippen MR) is 86.9 cm³/mol. The number of carbonyl (C=O) groups excluding carboxylic acids is 1. The van der Waals surface area contributed by atoms with E-state index in [0.717, 1.165) is 28.6 Å². The van der Waals surface area contributed by atoms with E-state index < -0.39 is 0 Å². The van der Waals surface area contributed by atoms with Gasteiger partial charge in [0.15, 0.2) is 0 Å². The third-order valence-corrected chi connectivity index (χ3v) is 4.04. The number of nitrogens with one attached hydrogen (secondary N) is 1. The van der Waals surface area contributed by atoms with Gasteiger partial charge >= 0.3 is 0 Å². The van der Waals surface area contributed by atoms with E-state index in [9.17, 15) is 4.79 Å². The highest BCUT2D eigenvalue weighted by Gasteiger charge is 2.04. The number of benzene rings is 2. The quantitative estimate of drug-likeness (QED) is 0.843. The second-order valence-electron chi connectivity index (χ2n) is 4.85. The van der Waals surface area contributed by atoms with E-state index in [1.807, 2.05) is 43.3 Å². The van der Waals surface area contributed by atoms with Crippen LogP contribution in [0, 0.1) is 6.92 Å². The molecule has 0 heterocycles. The van der Waals surface area contributed by atoms with E-state index in [2.05, 4.69) is 33.4 Å². The molecule has 20 heavy (non-hydrogen) atoms. The van der Waals surface area contributed by atoms with Crippen LogP contribution in [-0.4, -0.2) is 5.91 Å². The smallest absolute Gasteiger partial charge is 0.224 e. The molecule has 3 heteroatoms. The van der Waals surface area contributed by atoms with Gasteiger partial charge < -0.3 is 5.32 Å². The summed E-state index contributed by atoms with van der Waals surface area (Å²) in [4.78, 5) is 11.9. The van der Waals surface area contributed by atoms with Crippen LogP contribution >= 0.6 is 15.9 Å². The Morgan fingerprint density at radius 1 is 1.15 bits per heavy atom. The van der Waals surface area contributed by atoms with Crippen molar-refractivity contribution in [3.05, 3.63) is 64.1 Å². The molecular formula is C17H18BrNO. The number of rotatable bonds is 5. The van der Waals surface area contributed by atoms with Gasteiger partial charge in [-0.3, -0.25) is 4.79 Å². The molecule has 2 aromatic carbocycles. The summed E-state index contributed by atoms with van der Waals surface area (Å²) in [6, 6.07) is 16.1. The molecule has 2 aromatic rings. The van der Waals surface area contributed by atoms with E-state index in [0.29, 0.717) is 6.42 Å². The molecule has 0 bridgehead atoms. The van der Waals surface area contributed by atoms with Crippen LogP contribution in [0.2, 0.25) is 0 Å². The first kappa shape index (κ1) is 14.8. The molecule has 2 rings (SSSR count). The van der Waals surface area contributed by atoms with Crippen LogP contribution in [0.15, 0.2) is 53.0 Å². The molecular weight excluding hydrogens is 314 g/mol. The Morgan fingerprint density at radius 2 is 1.90 bits per heavy atom. The molecule has 0 spiro atoms. The number of carbonyl (C=O) groups is 1. The fourth-order valence-electron chi connectivity index (χ4n) is 2.04. The molecule has 0 saturated heterocycles. The van der Waals surface area contributed by atoms with Crippen LogP contribution < -0.4 is 5.32 Å². The highest BCUT2D eigenvalue weighted by atomic mass is 79.9. The predicted octanol–water partition coefficient (Wildman–Crippen LogP) is 4.72. The van der Waals surface area contributed by atoms with E-state index in [1.54, 1.807) is 0 Å². The lowest BCUT2D eigenvalue weighted by Gasteiger charge is -2.07. The maximum absolute atomic E-state index is 11.9. The Bertz CT molecular complexity index is 581. The van der Waals surface area contributed by atoms with Gasteiger partial charge in [0, 0.05) is 16.6 Å². The van der Waals surface area contributed by atoms with Crippen LogP contribution in [0.4, 0.5) is 5.69 Å². The summed E-state index contributed by atoms with van der Waals surface area (Å²) >= 11 is 3.45. The Balaban J connectivity index is 1.79. The van der Waals surface area contributed by atoms with Gasteiger partial charge in [0.1, 0.15) is 0 Å². The largest absolute Gasteiger partial charge is 0.326 e. The number of hydrogen-bond donors (Lipinski definition) is 1. The van der Waals surface area contributed by atoms with E-state index in [-0.39, 0.29) is 5.91 Å². The molecule has 0 saturated carbocycles. The first-order valence-electron chi connectivity index (χ1n) is 6.75. The van der Waals surface area contributed by atoms with E-state index in [1.165, 1.54) is 5.56 Å². The number of hydrogen-bond acceptors (Lipinski definition) is 1. The average Bonchev–Trinajstić information content (AvgIpc) is 2.44. The molecule has 0 fully saturated rings. The number of anilines is 1. The minimum Gasteiger partial charge on any atom is -0.326 e. The summed E-state index contributed by atoms with van der Waals surface area (Å²) in [5.41, 5.74) is 3.25. The van der Waals surface area contributed by atoms with Crippen molar-refractivity contribution in [2.75, 3.05) is 5.32 Å². The van der Waals surface area contributed by atoms with Gasteiger partial charge in [-0.15, -0.1) is 0 Å². The fourth-order valence-corrected chi connectivity index (χ4v) is 2.29. The lowest BCUT2D eigenvalue weighted by Crippen LogP contribution is -2.11. The van der Waals surface area contributed by atoms with Crippen molar-refractivity contribution < 1.29 is 4.79 Å². The van der Waals surface area contributed by atoms with Crippen molar-refractivity contribution in [2.24, 2.45) is 0 Å². The molecule has 1 N–H and O–H groups in total. The van der Waals surface area contributed by atoms with Crippen LogP contribution in [0.5, 0.6) is 0 Å². The third-order valence-electron chi connectivity index (χ3n) is 3.15. The van der Waals surface area contributed by atoms with Crippen molar-refractivity contribution in [1.82, 2.24) is 0 Å². The molecule has 2 nitrogen and oxygen atoms in total. The zero-order valence-corrected chi connectivity index (χ0v) is 13.1. The van der Waals surface area contributed by atoms with Crippen LogP contribution in [0.1, 0.15) is 24.0 Å². The standard InChI is InChI=1S/C17H18BrNO/c1-13-12-15(10-11-16(13)18)19-17(20)9-5-8-14-6-3-2-4-7-14/h2-4,6-7,10-12H,5,8-9H2,1H3,(H,19,20). The van der Waals surface area contributed by atoms with Crippen LogP contribution in [0.3, 0.4) is 0 Å². The van der Waals surface area contributed by atoms with E-state index >= 15 is 0 Å². The molecule has 1 amide bonds. The molecule has 0 aliphatic rings. The van der Waals surface area contributed by atoms with Crippen LogP contribution in [-0.2, 0) is 11.2 Å². The lowest BCUT2D eigenvalue weighted by molar-refractivity contribution is -0.116. The normalized spacial score (nSPS) is 10.3. The summed E-state index contributed by atoms with van der Waals surface area (Å²) in [6.45, 7) is 2.01. The zero-order valence-electron chi connectivity index (χ0n) is 11.5. The molecule has 0 aromatic heterocycles. The molecule has 0 atom stereocenters. The minimum atomic E-state index is 0.0719. The minimum absolute atomic E-state index is 0.0719. The Labute approximate surface area is 128 Å². The van der Waals surface area contributed by atoms with Gasteiger partial charge in [-0.25, -0.2) is 0 Å². The second-order valence-corrected chi connectivity index (χ2v) is 5.71. The number of halogens is 1. The van der Waals surface area contributed by atoms with Gasteiger partial charge in [-0.2, -0.15) is 0 Å². The first-order chi connectivity index (χ1) is 9.65. The maximum atomic E-state index is 11.9. The van der Waals surface area contributed by atoms with Crippen molar-refractivity contribution in [1.29, 1.82) is 0 Å². The number of amides is 1. The Morgan fingerprint density at radius 3 is 2.60 bits per heavy atom. The molecule has 0 aliphatic heterocycles. The summed E-state index contributed by atoms with van der Waals surface area (Å²) in [7, 11) is 0. The Hall–Kier alpha value is -1.61. The summed E-state index contributed by atoms with van der Waals surface area (Å²) in [5.74, 6) is 0.0719. The SMILES string of the molecule is Cc1cc(NC(=O)CCCc2ccccc2)ccc1Br. The summed E-state index contributed by atoms with van der Waals surface area (Å²) < 4.78 is 1.06. The third kappa shape index (κ3) is 4.49. The summed E-state index contributed by atoms with van der Waals surface area (Å²) in [6.07, 6.45) is 2.35. The second kappa shape index (κ2) is 7.25. The van der Waals surface area contributed by atoms with Gasteiger partial charge in [0.05, 0.1) is 0 Å². The highest BCUT2D eigenvalue weighted by Crippen LogP contribution is 2.20. The van der Waals surface area contributed by atoms with Gasteiger partial charge in [0.2, 0.25) is 5.91 Å². The van der Waals surface area contributed by atoms with Crippen LogP contribution in [0.25, 0.3) is 0 Å². The van der Waals surface area contributed by atoms with E-state index in [4.69, 9.17) is 0 Å².